The summed E-state index contributed by atoms with van der Waals surface area (Å²) in [6, 6.07) is 6.27. The predicted octanol–water partition coefficient (Wildman–Crippen LogP) is 4.36. The van der Waals surface area contributed by atoms with Crippen LogP contribution in [0.2, 0.25) is 0 Å². The van der Waals surface area contributed by atoms with Crippen molar-refractivity contribution in [3.05, 3.63) is 63.8 Å². The molecule has 0 atom stereocenters. The summed E-state index contributed by atoms with van der Waals surface area (Å²) in [6.07, 6.45) is 14.3. The molecule has 0 spiro atoms. The van der Waals surface area contributed by atoms with Crippen LogP contribution in [-0.4, -0.2) is 35.2 Å². The van der Waals surface area contributed by atoms with Gasteiger partial charge in [0.15, 0.2) is 0 Å². The van der Waals surface area contributed by atoms with Crippen LogP contribution in [0, 0.1) is 0 Å². The van der Waals surface area contributed by atoms with Gasteiger partial charge in [-0.25, -0.2) is 9.97 Å². The van der Waals surface area contributed by atoms with Crippen LogP contribution in [0.1, 0.15) is 54.8 Å². The number of aromatic nitrogens is 3. The Morgan fingerprint density at radius 3 is 2.81 bits per heavy atom. The Morgan fingerprint density at radius 1 is 1.16 bits per heavy atom. The van der Waals surface area contributed by atoms with Gasteiger partial charge >= 0.3 is 0 Å². The Morgan fingerprint density at radius 2 is 2.00 bits per heavy atom. The molecular weight excluding hydrogens is 388 g/mol. The number of fused-ring (bicyclic) bond motifs is 3. The van der Waals surface area contributed by atoms with Crippen LogP contribution in [0.3, 0.4) is 0 Å². The molecule has 6 nitrogen and oxygen atoms in total. The number of hydrogen-bond donors (Lipinski definition) is 0. The molecule has 31 heavy (non-hydrogen) atoms. The van der Waals surface area contributed by atoms with Crippen LogP contribution >= 0.6 is 0 Å². The van der Waals surface area contributed by atoms with E-state index in [0.29, 0.717) is 17.7 Å². The molecule has 1 fully saturated rings. The zero-order valence-corrected chi connectivity index (χ0v) is 18.2. The summed E-state index contributed by atoms with van der Waals surface area (Å²) in [7, 11) is 3.69. The van der Waals surface area contributed by atoms with Gasteiger partial charge in [-0.15, -0.1) is 0 Å². The number of anilines is 1. The lowest BCUT2D eigenvalue weighted by Crippen LogP contribution is -2.28. The van der Waals surface area contributed by atoms with Crippen molar-refractivity contribution in [2.75, 3.05) is 25.6 Å². The molecule has 5 rings (SSSR count). The molecule has 0 radical (unpaired) electrons. The minimum absolute atomic E-state index is 0.0798. The summed E-state index contributed by atoms with van der Waals surface area (Å²) in [6.45, 7) is 0.808. The first kappa shape index (κ1) is 19.8. The van der Waals surface area contributed by atoms with Crippen molar-refractivity contribution >= 4 is 22.7 Å². The van der Waals surface area contributed by atoms with Crippen LogP contribution in [-0.2, 0) is 6.42 Å². The molecule has 0 bridgehead atoms. The summed E-state index contributed by atoms with van der Waals surface area (Å²) >= 11 is 0. The monoisotopic (exact) mass is 416 g/mol. The number of pyridine rings is 1. The van der Waals surface area contributed by atoms with Gasteiger partial charge < -0.3 is 9.64 Å². The first-order valence-electron chi connectivity index (χ1n) is 11.1. The van der Waals surface area contributed by atoms with Gasteiger partial charge in [0.1, 0.15) is 5.52 Å². The maximum absolute atomic E-state index is 13.6. The van der Waals surface area contributed by atoms with Crippen LogP contribution in [0.5, 0.6) is 5.88 Å². The lowest BCUT2D eigenvalue weighted by molar-refractivity contribution is 0.345. The second-order valence-electron chi connectivity index (χ2n) is 8.61. The molecule has 0 saturated heterocycles. The SMILES string of the molecule is COc1cc(Cc2cc3c(=O)n(C4CCCCC4)cnc3c3c2C=CCN3C)ccn1. The highest BCUT2D eigenvalue weighted by Crippen LogP contribution is 2.36. The zero-order valence-electron chi connectivity index (χ0n) is 18.2. The van der Waals surface area contributed by atoms with Gasteiger partial charge in [-0.1, -0.05) is 31.4 Å². The number of rotatable bonds is 4. The van der Waals surface area contributed by atoms with Crippen LogP contribution in [0.15, 0.2) is 41.6 Å². The first-order chi connectivity index (χ1) is 15.2. The van der Waals surface area contributed by atoms with E-state index in [1.54, 1.807) is 19.6 Å². The fourth-order valence-corrected chi connectivity index (χ4v) is 4.98. The lowest BCUT2D eigenvalue weighted by Gasteiger charge is -2.28. The Bertz CT molecular complexity index is 1210. The van der Waals surface area contributed by atoms with Gasteiger partial charge in [-0.05, 0) is 42.5 Å². The van der Waals surface area contributed by atoms with E-state index < -0.39 is 0 Å². The Balaban J connectivity index is 1.68. The van der Waals surface area contributed by atoms with E-state index in [0.717, 1.165) is 47.3 Å². The van der Waals surface area contributed by atoms with Gasteiger partial charge in [0, 0.05) is 37.5 Å². The van der Waals surface area contributed by atoms with E-state index in [2.05, 4.69) is 35.1 Å². The predicted molar refractivity (Wildman–Crippen MR) is 124 cm³/mol. The summed E-state index contributed by atoms with van der Waals surface area (Å²) < 4.78 is 7.18. The Hall–Kier alpha value is -3.15. The normalized spacial score (nSPS) is 16.5. The van der Waals surface area contributed by atoms with Gasteiger partial charge in [0.25, 0.3) is 5.56 Å². The molecule has 1 aliphatic heterocycles. The first-order valence-corrected chi connectivity index (χ1v) is 11.1. The molecule has 0 N–H and O–H groups in total. The number of methoxy groups -OCH3 is 1. The molecule has 2 aliphatic rings. The molecule has 1 aromatic carbocycles. The number of nitrogens with zero attached hydrogens (tertiary/aromatic N) is 4. The highest BCUT2D eigenvalue weighted by Gasteiger charge is 2.23. The number of likely N-dealkylation sites (N-methyl/N-ethyl adjacent to an activating group) is 1. The maximum atomic E-state index is 13.6. The molecule has 0 unspecified atom stereocenters. The van der Waals surface area contributed by atoms with Crippen molar-refractivity contribution in [2.45, 2.75) is 44.6 Å². The highest BCUT2D eigenvalue weighted by molar-refractivity contribution is 5.97. The molecule has 6 heteroatoms. The average Bonchev–Trinajstić information content (AvgIpc) is 2.80. The molecule has 2 aromatic heterocycles. The molecule has 1 saturated carbocycles. The molecule has 3 heterocycles. The van der Waals surface area contributed by atoms with Crippen molar-refractivity contribution in [3.8, 4) is 5.88 Å². The minimum atomic E-state index is 0.0798. The van der Waals surface area contributed by atoms with E-state index >= 15 is 0 Å². The fourth-order valence-electron chi connectivity index (χ4n) is 4.98. The lowest BCUT2D eigenvalue weighted by atomic mass is 9.93. The van der Waals surface area contributed by atoms with Crippen LogP contribution < -0.4 is 15.2 Å². The summed E-state index contributed by atoms with van der Waals surface area (Å²) in [5.74, 6) is 0.598. The van der Waals surface area contributed by atoms with E-state index in [1.165, 1.54) is 19.3 Å². The van der Waals surface area contributed by atoms with Crippen molar-refractivity contribution in [1.82, 2.24) is 14.5 Å². The van der Waals surface area contributed by atoms with E-state index in [-0.39, 0.29) is 11.6 Å². The quantitative estimate of drug-likeness (QED) is 0.632. The fraction of sp³-hybridized carbons (Fsp3) is 0.400. The van der Waals surface area contributed by atoms with Crippen LogP contribution in [0.25, 0.3) is 17.0 Å². The number of hydrogen-bond acceptors (Lipinski definition) is 5. The van der Waals surface area contributed by atoms with Crippen molar-refractivity contribution < 1.29 is 4.74 Å². The van der Waals surface area contributed by atoms with Gasteiger partial charge in [0.2, 0.25) is 5.88 Å². The standard InChI is InChI=1S/C25H28N4O2/c1-28-12-6-9-20-18(13-17-10-11-26-22(14-17)31-2)15-21-23(24(20)28)27-16-29(25(21)30)19-7-4-3-5-8-19/h6,9-11,14-16,19H,3-5,7-8,12-13H2,1-2H3. The molecule has 0 amide bonds. The number of ether oxygens (including phenoxy) is 1. The zero-order chi connectivity index (χ0) is 21.4. The third-order valence-electron chi connectivity index (χ3n) is 6.59. The van der Waals surface area contributed by atoms with Crippen LogP contribution in [0.4, 0.5) is 5.69 Å². The number of benzene rings is 1. The third kappa shape index (κ3) is 3.60. The summed E-state index contributed by atoms with van der Waals surface area (Å²) in [5.41, 5.74) is 5.29. The topological polar surface area (TPSA) is 60.3 Å². The van der Waals surface area contributed by atoms with E-state index in [4.69, 9.17) is 9.72 Å². The highest BCUT2D eigenvalue weighted by atomic mass is 16.5. The Kier molecular flexibility index (Phi) is 5.22. The van der Waals surface area contributed by atoms with Gasteiger partial charge in [0.05, 0.1) is 24.5 Å². The Labute approximate surface area is 182 Å². The van der Waals surface area contributed by atoms with Gasteiger partial charge in [-0.3, -0.25) is 9.36 Å². The van der Waals surface area contributed by atoms with E-state index in [9.17, 15) is 4.79 Å². The second-order valence-corrected chi connectivity index (χ2v) is 8.61. The van der Waals surface area contributed by atoms with E-state index in [1.807, 2.05) is 16.7 Å². The molecular formula is C25H28N4O2. The third-order valence-corrected chi connectivity index (χ3v) is 6.59. The summed E-state index contributed by atoms with van der Waals surface area (Å²) in [5, 5.41) is 0.713. The largest absolute Gasteiger partial charge is 0.481 e. The second kappa shape index (κ2) is 8.17. The average molecular weight is 417 g/mol. The van der Waals surface area contributed by atoms with Crippen molar-refractivity contribution in [3.63, 3.8) is 0 Å². The smallest absolute Gasteiger partial charge is 0.261 e. The van der Waals surface area contributed by atoms with Gasteiger partial charge in [-0.2, -0.15) is 0 Å². The molecule has 3 aromatic rings. The summed E-state index contributed by atoms with van der Waals surface area (Å²) in [4.78, 5) is 24.8. The molecule has 1 aliphatic carbocycles. The maximum Gasteiger partial charge on any atom is 0.261 e. The van der Waals surface area contributed by atoms with Crippen molar-refractivity contribution in [1.29, 1.82) is 0 Å². The minimum Gasteiger partial charge on any atom is -0.481 e. The van der Waals surface area contributed by atoms with Crippen molar-refractivity contribution in [2.24, 2.45) is 0 Å². The molecule has 160 valence electrons.